The van der Waals surface area contributed by atoms with Gasteiger partial charge in [0.15, 0.2) is 0 Å². The quantitative estimate of drug-likeness (QED) is 0.303. The van der Waals surface area contributed by atoms with Gasteiger partial charge in [-0.3, -0.25) is 4.99 Å². The number of nitrogens with one attached hydrogen (secondary N) is 3. The average Bonchev–Trinajstić information content (AvgIpc) is 3.92. The molecule has 23 atom stereocenters. The van der Waals surface area contributed by atoms with E-state index in [-0.39, 0.29) is 0 Å². The zero-order chi connectivity index (χ0) is 31.0. The van der Waals surface area contributed by atoms with Crippen molar-refractivity contribution >= 4 is 5.71 Å². The molecule has 3 saturated heterocycles. The lowest BCUT2D eigenvalue weighted by atomic mass is 9.47. The molecule has 9 fully saturated rings. The molecule has 4 aliphatic heterocycles. The highest BCUT2D eigenvalue weighted by molar-refractivity contribution is 5.87. The van der Waals surface area contributed by atoms with Crippen molar-refractivity contribution in [3.8, 4) is 0 Å². The van der Waals surface area contributed by atoms with Crippen LogP contribution in [0.25, 0.3) is 0 Å². The number of aliphatic imine (C=N–C) groups is 1. The highest BCUT2D eigenvalue weighted by Gasteiger charge is 2.69. The Labute approximate surface area is 283 Å². The first-order valence-electron chi connectivity index (χ1n) is 20.8. The SMILES string of the molecule is CC1=NC(C(C2NC(C)C3C4CCC(CC4)C23)C(C2NC(C)C3C4C=CC(C4)C23)C2NC(C)C3C4C=CC4C23)C2C3C=CC(CC3)C12. The van der Waals surface area contributed by atoms with Crippen LogP contribution in [0.1, 0.15) is 72.6 Å². The highest BCUT2D eigenvalue weighted by Crippen LogP contribution is 2.65. The van der Waals surface area contributed by atoms with Crippen molar-refractivity contribution in [3.05, 3.63) is 36.5 Å². The molecular formula is C43H60N4. The number of rotatable bonds is 5. The number of nitrogens with zero attached hydrogens (tertiary/aromatic N) is 1. The summed E-state index contributed by atoms with van der Waals surface area (Å²) in [6, 6.07) is 4.23. The molecule has 6 saturated carbocycles. The van der Waals surface area contributed by atoms with Crippen LogP contribution in [0.4, 0.5) is 0 Å². The molecule has 0 radical (unpaired) electrons. The fourth-order valence-corrected chi connectivity index (χ4v) is 17.5. The summed E-state index contributed by atoms with van der Waals surface area (Å²) in [4.78, 5) is 6.04. The molecule has 14 rings (SSSR count). The molecule has 10 aliphatic carbocycles. The molecule has 4 heteroatoms. The van der Waals surface area contributed by atoms with Crippen molar-refractivity contribution in [2.45, 2.75) is 115 Å². The van der Waals surface area contributed by atoms with Gasteiger partial charge in [0.05, 0.1) is 6.04 Å². The Morgan fingerprint density at radius 3 is 1.79 bits per heavy atom. The van der Waals surface area contributed by atoms with E-state index in [2.05, 4.69) is 80.1 Å². The van der Waals surface area contributed by atoms with E-state index in [1.54, 1.807) is 0 Å². The molecule has 23 unspecified atom stereocenters. The number of hydrogen-bond donors (Lipinski definition) is 3. The van der Waals surface area contributed by atoms with Crippen LogP contribution in [0.15, 0.2) is 41.4 Å². The minimum absolute atomic E-state index is 0.473. The first-order chi connectivity index (χ1) is 23.0. The van der Waals surface area contributed by atoms with E-state index in [0.717, 1.165) is 88.8 Å². The van der Waals surface area contributed by atoms with E-state index in [4.69, 9.17) is 4.99 Å². The Hall–Kier alpha value is -1.23. The van der Waals surface area contributed by atoms with Gasteiger partial charge in [-0.15, -0.1) is 0 Å². The lowest BCUT2D eigenvalue weighted by Gasteiger charge is -2.57. The monoisotopic (exact) mass is 632 g/mol. The smallest absolute Gasteiger partial charge is 0.0586 e. The van der Waals surface area contributed by atoms with Crippen molar-refractivity contribution in [3.63, 3.8) is 0 Å². The molecule has 252 valence electrons. The van der Waals surface area contributed by atoms with Gasteiger partial charge < -0.3 is 16.0 Å². The van der Waals surface area contributed by atoms with Crippen LogP contribution in [-0.2, 0) is 0 Å². The van der Waals surface area contributed by atoms with Crippen molar-refractivity contribution in [1.82, 2.24) is 16.0 Å². The van der Waals surface area contributed by atoms with E-state index in [1.807, 2.05) is 0 Å². The van der Waals surface area contributed by atoms with Crippen LogP contribution in [0.2, 0.25) is 0 Å². The van der Waals surface area contributed by atoms with Crippen LogP contribution in [-0.4, -0.2) is 48.0 Å². The zero-order valence-electron chi connectivity index (χ0n) is 29.3. The van der Waals surface area contributed by atoms with Crippen molar-refractivity contribution in [1.29, 1.82) is 0 Å². The van der Waals surface area contributed by atoms with E-state index in [1.165, 1.54) is 50.7 Å². The van der Waals surface area contributed by atoms with E-state index in [9.17, 15) is 0 Å². The second-order valence-corrected chi connectivity index (χ2v) is 19.9. The van der Waals surface area contributed by atoms with Gasteiger partial charge in [-0.05, 0) is 167 Å². The fourth-order valence-electron chi connectivity index (χ4n) is 17.5. The Morgan fingerprint density at radius 2 is 1.09 bits per heavy atom. The largest absolute Gasteiger partial charge is 0.311 e. The highest BCUT2D eigenvalue weighted by atomic mass is 15.1. The Morgan fingerprint density at radius 1 is 0.532 bits per heavy atom. The average molecular weight is 633 g/mol. The van der Waals surface area contributed by atoms with Crippen LogP contribution in [0, 0.1) is 107 Å². The molecule has 6 bridgehead atoms. The minimum atomic E-state index is 0.473. The number of fused-ring (bicyclic) bond motifs is 12. The lowest BCUT2D eigenvalue weighted by Crippen LogP contribution is -2.63. The maximum Gasteiger partial charge on any atom is 0.0586 e. The molecule has 0 spiro atoms. The van der Waals surface area contributed by atoms with E-state index >= 15 is 0 Å². The third kappa shape index (κ3) is 3.51. The summed E-state index contributed by atoms with van der Waals surface area (Å²) >= 11 is 0. The van der Waals surface area contributed by atoms with Gasteiger partial charge in [0, 0.05) is 53.8 Å². The topological polar surface area (TPSA) is 48.5 Å². The molecule has 0 aromatic heterocycles. The van der Waals surface area contributed by atoms with Crippen LogP contribution in [0.3, 0.4) is 0 Å². The summed E-state index contributed by atoms with van der Waals surface area (Å²) in [5.74, 6) is 14.3. The summed E-state index contributed by atoms with van der Waals surface area (Å²) in [5.41, 5.74) is 1.53. The molecule has 47 heavy (non-hydrogen) atoms. The third-order valence-corrected chi connectivity index (χ3v) is 18.7. The standard InChI is InChI=1S/C43H60N4/c1-18-30-22-5-9-24(10-6-22)34(30)40(44-18)38(41-35-25-11-7-23(8-12-25)31(35)19(2)45-41)39(43-37-29-16-15-28(29)33(37)21(4)47-43)42-36-27-14-13-26(17-27)32(36)20(3)46-42/h5,9,13-16,19-43,45-47H,6-8,10-12,17H2,1-4H3. The number of allylic oxidation sites excluding steroid dienone is 6. The summed E-state index contributed by atoms with van der Waals surface area (Å²) in [7, 11) is 0. The molecule has 0 aromatic carbocycles. The molecule has 0 aromatic rings. The summed E-state index contributed by atoms with van der Waals surface area (Å²) in [6.45, 7) is 10.2. The third-order valence-electron chi connectivity index (χ3n) is 18.7. The number of hydrogen-bond acceptors (Lipinski definition) is 4. The summed E-state index contributed by atoms with van der Waals surface area (Å²) < 4.78 is 0. The van der Waals surface area contributed by atoms with Crippen LogP contribution in [0.5, 0.6) is 0 Å². The maximum atomic E-state index is 6.04. The molecular weight excluding hydrogens is 573 g/mol. The van der Waals surface area contributed by atoms with E-state index < -0.39 is 0 Å². The van der Waals surface area contributed by atoms with Gasteiger partial charge in [-0.2, -0.15) is 0 Å². The predicted molar refractivity (Wildman–Crippen MR) is 189 cm³/mol. The summed E-state index contributed by atoms with van der Waals surface area (Å²) in [6.07, 6.45) is 26.0. The first-order valence-corrected chi connectivity index (χ1v) is 20.8. The zero-order valence-corrected chi connectivity index (χ0v) is 29.3. The maximum absolute atomic E-state index is 6.04. The Bertz CT molecular complexity index is 1450. The summed E-state index contributed by atoms with van der Waals surface area (Å²) in [5, 5.41) is 13.6. The van der Waals surface area contributed by atoms with Gasteiger partial charge in [-0.25, -0.2) is 0 Å². The Balaban J connectivity index is 1.04. The van der Waals surface area contributed by atoms with Gasteiger partial charge in [-0.1, -0.05) is 36.5 Å². The molecule has 3 N–H and O–H groups in total. The normalized spacial score (nSPS) is 63.7. The molecule has 4 heterocycles. The van der Waals surface area contributed by atoms with E-state index in [0.29, 0.717) is 60.0 Å². The molecule has 4 nitrogen and oxygen atoms in total. The Kier molecular flexibility index (Phi) is 5.91. The first kappa shape index (κ1) is 28.5. The van der Waals surface area contributed by atoms with Crippen LogP contribution >= 0.6 is 0 Å². The molecule has 0 amide bonds. The predicted octanol–water partition coefficient (Wildman–Crippen LogP) is 6.51. The van der Waals surface area contributed by atoms with Gasteiger partial charge in [0.25, 0.3) is 0 Å². The van der Waals surface area contributed by atoms with Crippen molar-refractivity contribution in [2.75, 3.05) is 0 Å². The van der Waals surface area contributed by atoms with Crippen molar-refractivity contribution in [2.24, 2.45) is 112 Å². The van der Waals surface area contributed by atoms with Crippen LogP contribution < -0.4 is 16.0 Å². The van der Waals surface area contributed by atoms with Crippen molar-refractivity contribution < 1.29 is 0 Å². The van der Waals surface area contributed by atoms with Gasteiger partial charge >= 0.3 is 0 Å². The molecule has 14 aliphatic rings. The van der Waals surface area contributed by atoms with Gasteiger partial charge in [0.2, 0.25) is 0 Å². The second-order valence-electron chi connectivity index (χ2n) is 19.9. The fraction of sp³-hybridized carbons (Fsp3) is 0.837. The lowest BCUT2D eigenvalue weighted by molar-refractivity contribution is -0.0285. The second kappa shape index (κ2) is 9.75. The minimum Gasteiger partial charge on any atom is -0.311 e. The van der Waals surface area contributed by atoms with Gasteiger partial charge in [0.1, 0.15) is 0 Å².